The minimum Gasteiger partial charge on any atom is -0.379 e. The van der Waals surface area contributed by atoms with E-state index in [9.17, 15) is 5.11 Å². The molecule has 0 radical (unpaired) electrons. The van der Waals surface area contributed by atoms with Crippen LogP contribution in [0.2, 0.25) is 0 Å². The van der Waals surface area contributed by atoms with Crippen LogP contribution in [0.5, 0.6) is 0 Å². The molecule has 0 saturated carbocycles. The summed E-state index contributed by atoms with van der Waals surface area (Å²) in [5.41, 5.74) is 6.82. The Balaban J connectivity index is 2.35. The Hall–Kier alpha value is -1.12. The van der Waals surface area contributed by atoms with Gasteiger partial charge in [0.05, 0.1) is 0 Å². The zero-order chi connectivity index (χ0) is 11.4. The second-order valence-electron chi connectivity index (χ2n) is 4.41. The lowest BCUT2D eigenvalue weighted by molar-refractivity contribution is 0.0798. The van der Waals surface area contributed by atoms with E-state index in [2.05, 4.69) is 6.08 Å². The molecule has 1 aromatic rings. The molecular weight excluding hydrogens is 198 g/mol. The third kappa shape index (κ3) is 2.04. The van der Waals surface area contributed by atoms with Crippen LogP contribution in [0.3, 0.4) is 0 Å². The van der Waals surface area contributed by atoms with Crippen molar-refractivity contribution < 1.29 is 5.11 Å². The van der Waals surface area contributed by atoms with Crippen molar-refractivity contribution in [3.63, 3.8) is 0 Å². The summed E-state index contributed by atoms with van der Waals surface area (Å²) in [6.45, 7) is 0.253. The standard InChI is InChI=1S/C14H19NO/c15-11-14(16,12-7-3-1-4-8-12)13-9-5-2-6-10-13/h1,3-4,7-9,16H,2,5-6,10-11,15H2. The molecule has 16 heavy (non-hydrogen) atoms. The third-order valence-electron chi connectivity index (χ3n) is 3.37. The molecule has 1 aromatic carbocycles. The van der Waals surface area contributed by atoms with E-state index in [1.54, 1.807) is 0 Å². The Morgan fingerprint density at radius 2 is 1.94 bits per heavy atom. The van der Waals surface area contributed by atoms with Gasteiger partial charge in [0.15, 0.2) is 0 Å². The fourth-order valence-electron chi connectivity index (χ4n) is 2.36. The molecule has 0 aromatic heterocycles. The largest absolute Gasteiger partial charge is 0.379 e. The van der Waals surface area contributed by atoms with Gasteiger partial charge in [-0.15, -0.1) is 0 Å². The lowest BCUT2D eigenvalue weighted by Crippen LogP contribution is -2.37. The van der Waals surface area contributed by atoms with E-state index in [0.29, 0.717) is 0 Å². The van der Waals surface area contributed by atoms with E-state index >= 15 is 0 Å². The molecule has 0 fully saturated rings. The molecule has 0 amide bonds. The number of aliphatic hydroxyl groups is 1. The first-order valence-corrected chi connectivity index (χ1v) is 5.95. The number of hydrogen-bond acceptors (Lipinski definition) is 2. The van der Waals surface area contributed by atoms with Gasteiger partial charge in [0.1, 0.15) is 5.60 Å². The van der Waals surface area contributed by atoms with Gasteiger partial charge in [-0.1, -0.05) is 36.4 Å². The Bertz CT molecular complexity index is 372. The third-order valence-corrected chi connectivity index (χ3v) is 3.37. The summed E-state index contributed by atoms with van der Waals surface area (Å²) in [6, 6.07) is 9.74. The van der Waals surface area contributed by atoms with Crippen LogP contribution in [-0.2, 0) is 5.60 Å². The first-order chi connectivity index (χ1) is 7.77. The van der Waals surface area contributed by atoms with Crippen molar-refractivity contribution in [2.24, 2.45) is 5.73 Å². The van der Waals surface area contributed by atoms with E-state index in [4.69, 9.17) is 5.73 Å². The van der Waals surface area contributed by atoms with E-state index in [0.717, 1.165) is 30.4 Å². The van der Waals surface area contributed by atoms with Crippen molar-refractivity contribution in [2.75, 3.05) is 6.54 Å². The van der Waals surface area contributed by atoms with Gasteiger partial charge >= 0.3 is 0 Å². The van der Waals surface area contributed by atoms with Crippen molar-refractivity contribution in [2.45, 2.75) is 31.3 Å². The average molecular weight is 217 g/mol. The number of nitrogens with two attached hydrogens (primary N) is 1. The van der Waals surface area contributed by atoms with Gasteiger partial charge in [0.25, 0.3) is 0 Å². The average Bonchev–Trinajstić information content (AvgIpc) is 2.40. The van der Waals surface area contributed by atoms with Crippen molar-refractivity contribution >= 4 is 0 Å². The van der Waals surface area contributed by atoms with Crippen LogP contribution in [0.25, 0.3) is 0 Å². The summed E-state index contributed by atoms with van der Waals surface area (Å²) in [4.78, 5) is 0. The van der Waals surface area contributed by atoms with Crippen LogP contribution in [0.4, 0.5) is 0 Å². The zero-order valence-electron chi connectivity index (χ0n) is 9.52. The van der Waals surface area contributed by atoms with Gasteiger partial charge in [-0.3, -0.25) is 0 Å². The number of hydrogen-bond donors (Lipinski definition) is 2. The molecule has 86 valence electrons. The number of allylic oxidation sites excluding steroid dienone is 1. The SMILES string of the molecule is NCC(O)(C1=CCCCC1)c1ccccc1. The van der Waals surface area contributed by atoms with E-state index < -0.39 is 5.60 Å². The molecule has 3 N–H and O–H groups in total. The highest BCUT2D eigenvalue weighted by atomic mass is 16.3. The highest BCUT2D eigenvalue weighted by Gasteiger charge is 2.32. The topological polar surface area (TPSA) is 46.2 Å². The molecule has 0 spiro atoms. The predicted octanol–water partition coefficient (Wildman–Crippen LogP) is 2.33. The summed E-state index contributed by atoms with van der Waals surface area (Å²) in [6.07, 6.45) is 6.55. The van der Waals surface area contributed by atoms with Crippen LogP contribution in [-0.4, -0.2) is 11.7 Å². The highest BCUT2D eigenvalue weighted by molar-refractivity contribution is 5.34. The fraction of sp³-hybridized carbons (Fsp3) is 0.429. The zero-order valence-corrected chi connectivity index (χ0v) is 9.52. The molecule has 2 nitrogen and oxygen atoms in total. The Morgan fingerprint density at radius 1 is 1.19 bits per heavy atom. The van der Waals surface area contributed by atoms with E-state index in [1.807, 2.05) is 30.3 Å². The first kappa shape index (κ1) is 11.4. The molecule has 1 unspecified atom stereocenters. The second-order valence-corrected chi connectivity index (χ2v) is 4.41. The lowest BCUT2D eigenvalue weighted by Gasteiger charge is -2.32. The molecular formula is C14H19NO. The minimum atomic E-state index is -0.957. The summed E-state index contributed by atoms with van der Waals surface area (Å²) in [5.74, 6) is 0. The fourth-order valence-corrected chi connectivity index (χ4v) is 2.36. The van der Waals surface area contributed by atoms with Crippen LogP contribution in [0.15, 0.2) is 42.0 Å². The molecule has 1 aliphatic carbocycles. The monoisotopic (exact) mass is 217 g/mol. The number of benzene rings is 1. The minimum absolute atomic E-state index is 0.253. The van der Waals surface area contributed by atoms with E-state index in [1.165, 1.54) is 6.42 Å². The summed E-state index contributed by atoms with van der Waals surface area (Å²) in [7, 11) is 0. The quantitative estimate of drug-likeness (QED) is 0.763. The maximum Gasteiger partial charge on any atom is 0.123 e. The van der Waals surface area contributed by atoms with Gasteiger partial charge in [-0.2, -0.15) is 0 Å². The Kier molecular flexibility index (Phi) is 3.42. The lowest BCUT2D eigenvalue weighted by atomic mass is 9.81. The second kappa shape index (κ2) is 4.81. The van der Waals surface area contributed by atoms with Crippen LogP contribution in [0, 0.1) is 0 Å². The summed E-state index contributed by atoms with van der Waals surface area (Å²) < 4.78 is 0. The van der Waals surface area contributed by atoms with Crippen molar-refractivity contribution in [3.05, 3.63) is 47.5 Å². The molecule has 1 aliphatic rings. The van der Waals surface area contributed by atoms with Gasteiger partial charge < -0.3 is 10.8 Å². The number of rotatable bonds is 3. The maximum absolute atomic E-state index is 10.7. The van der Waals surface area contributed by atoms with Crippen LogP contribution in [0.1, 0.15) is 31.2 Å². The van der Waals surface area contributed by atoms with Crippen molar-refractivity contribution in [3.8, 4) is 0 Å². The van der Waals surface area contributed by atoms with Gasteiger partial charge in [-0.05, 0) is 36.8 Å². The molecule has 1 atom stereocenters. The summed E-state index contributed by atoms with van der Waals surface area (Å²) in [5, 5.41) is 10.7. The van der Waals surface area contributed by atoms with Crippen LogP contribution < -0.4 is 5.73 Å². The highest BCUT2D eigenvalue weighted by Crippen LogP contribution is 2.34. The van der Waals surface area contributed by atoms with Crippen molar-refractivity contribution in [1.82, 2.24) is 0 Å². The first-order valence-electron chi connectivity index (χ1n) is 5.95. The molecule has 2 heteroatoms. The summed E-state index contributed by atoms with van der Waals surface area (Å²) >= 11 is 0. The van der Waals surface area contributed by atoms with Gasteiger partial charge in [-0.25, -0.2) is 0 Å². The van der Waals surface area contributed by atoms with Crippen molar-refractivity contribution in [1.29, 1.82) is 0 Å². The van der Waals surface area contributed by atoms with Crippen LogP contribution >= 0.6 is 0 Å². The molecule has 0 heterocycles. The predicted molar refractivity (Wildman–Crippen MR) is 65.9 cm³/mol. The molecule has 0 saturated heterocycles. The molecule has 0 aliphatic heterocycles. The Labute approximate surface area is 96.8 Å². The smallest absolute Gasteiger partial charge is 0.123 e. The maximum atomic E-state index is 10.7. The normalized spacial score (nSPS) is 20.0. The van der Waals surface area contributed by atoms with E-state index in [-0.39, 0.29) is 6.54 Å². The van der Waals surface area contributed by atoms with Gasteiger partial charge in [0, 0.05) is 6.54 Å². The van der Waals surface area contributed by atoms with Gasteiger partial charge in [0.2, 0.25) is 0 Å². The Morgan fingerprint density at radius 3 is 2.50 bits per heavy atom. The molecule has 2 rings (SSSR count). The molecule has 0 bridgehead atoms.